The van der Waals surface area contributed by atoms with Crippen LogP contribution in [0.5, 0.6) is 0 Å². The summed E-state index contributed by atoms with van der Waals surface area (Å²) in [6.45, 7) is 0. The second-order valence-electron chi connectivity index (χ2n) is 6.15. The highest BCUT2D eigenvalue weighted by molar-refractivity contribution is 7.13. The van der Waals surface area contributed by atoms with Crippen molar-refractivity contribution in [2.45, 2.75) is 0 Å². The van der Waals surface area contributed by atoms with Crippen LogP contribution in [0.4, 0.5) is 17.1 Å². The lowest BCUT2D eigenvalue weighted by atomic mass is 10.1. The zero-order valence-electron chi connectivity index (χ0n) is 14.4. The highest BCUT2D eigenvalue weighted by Crippen LogP contribution is 2.34. The molecule has 0 saturated carbocycles. The molecule has 1 aromatic heterocycles. The molecular weight excluding hydrogens is 316 g/mol. The van der Waals surface area contributed by atoms with Gasteiger partial charge in [0.15, 0.2) is 0 Å². The number of nitrogens with zero attached hydrogens (tertiary/aromatic N) is 3. The first-order valence-electron chi connectivity index (χ1n) is 7.76. The van der Waals surface area contributed by atoms with Crippen LogP contribution in [0.2, 0.25) is 0 Å². The van der Waals surface area contributed by atoms with E-state index in [9.17, 15) is 0 Å². The molecule has 5 heteroatoms. The van der Waals surface area contributed by atoms with Crippen LogP contribution in [-0.4, -0.2) is 33.2 Å². The van der Waals surface area contributed by atoms with E-state index in [-0.39, 0.29) is 0 Å². The minimum absolute atomic E-state index is 0.754. The zero-order chi connectivity index (χ0) is 17.3. The zero-order valence-corrected chi connectivity index (χ0v) is 15.3. The Kier molecular flexibility index (Phi) is 4.44. The molecule has 0 aliphatic carbocycles. The van der Waals surface area contributed by atoms with Crippen LogP contribution in [0.25, 0.3) is 21.8 Å². The molecule has 4 nitrogen and oxygen atoms in total. The first-order chi connectivity index (χ1) is 11.5. The summed E-state index contributed by atoms with van der Waals surface area (Å²) in [5, 5.41) is 3.03. The van der Waals surface area contributed by atoms with E-state index in [1.54, 1.807) is 11.3 Å². The number of benzene rings is 2. The number of hydrogen-bond acceptors (Lipinski definition) is 5. The maximum absolute atomic E-state index is 6.17. The van der Waals surface area contributed by atoms with E-state index in [0.717, 1.165) is 33.2 Å². The van der Waals surface area contributed by atoms with Crippen LogP contribution < -0.4 is 15.5 Å². The van der Waals surface area contributed by atoms with Gasteiger partial charge in [-0.15, -0.1) is 11.3 Å². The van der Waals surface area contributed by atoms with Crippen LogP contribution in [-0.2, 0) is 0 Å². The van der Waals surface area contributed by atoms with E-state index in [0.29, 0.717) is 0 Å². The summed E-state index contributed by atoms with van der Waals surface area (Å²) in [4.78, 5) is 8.95. The summed E-state index contributed by atoms with van der Waals surface area (Å²) >= 11 is 1.62. The Morgan fingerprint density at radius 2 is 1.50 bits per heavy atom. The van der Waals surface area contributed by atoms with E-state index in [1.165, 1.54) is 5.69 Å². The standard InChI is InChI=1S/C19H22N4S/c1-22(2)14-7-5-13(6-8-14)18-12-24-19(21-18)16-11-15(23(3)4)9-10-17(16)20/h5-12H,20H2,1-4H3. The van der Waals surface area contributed by atoms with Crippen molar-refractivity contribution in [3.05, 3.63) is 47.8 Å². The molecule has 2 aromatic carbocycles. The average Bonchev–Trinajstić information content (AvgIpc) is 3.05. The van der Waals surface area contributed by atoms with Gasteiger partial charge in [0.25, 0.3) is 0 Å². The summed E-state index contributed by atoms with van der Waals surface area (Å²) in [6, 6.07) is 14.5. The molecule has 0 saturated heterocycles. The molecule has 0 unspecified atom stereocenters. The molecule has 0 radical (unpaired) electrons. The molecule has 0 spiro atoms. The fourth-order valence-electron chi connectivity index (χ4n) is 2.47. The van der Waals surface area contributed by atoms with Crippen molar-refractivity contribution in [1.29, 1.82) is 0 Å². The summed E-state index contributed by atoms with van der Waals surface area (Å²) < 4.78 is 0. The van der Waals surface area contributed by atoms with Gasteiger partial charge in [-0.25, -0.2) is 4.98 Å². The highest BCUT2D eigenvalue weighted by Gasteiger charge is 2.11. The minimum Gasteiger partial charge on any atom is -0.398 e. The summed E-state index contributed by atoms with van der Waals surface area (Å²) in [5.74, 6) is 0. The van der Waals surface area contributed by atoms with Crippen LogP contribution in [0.15, 0.2) is 47.8 Å². The summed E-state index contributed by atoms with van der Waals surface area (Å²) in [5.41, 5.74) is 12.3. The predicted molar refractivity (Wildman–Crippen MR) is 106 cm³/mol. The van der Waals surface area contributed by atoms with Gasteiger partial charge in [0, 0.05) is 61.8 Å². The van der Waals surface area contributed by atoms with Crippen LogP contribution in [0, 0.1) is 0 Å². The third-order valence-corrected chi connectivity index (χ3v) is 4.84. The highest BCUT2D eigenvalue weighted by atomic mass is 32.1. The maximum Gasteiger partial charge on any atom is 0.126 e. The van der Waals surface area contributed by atoms with Crippen molar-refractivity contribution in [2.75, 3.05) is 43.7 Å². The lowest BCUT2D eigenvalue weighted by molar-refractivity contribution is 1.13. The van der Waals surface area contributed by atoms with Gasteiger partial charge < -0.3 is 15.5 Å². The van der Waals surface area contributed by atoms with Gasteiger partial charge >= 0.3 is 0 Å². The number of hydrogen-bond donors (Lipinski definition) is 1. The molecule has 3 rings (SSSR count). The van der Waals surface area contributed by atoms with Crippen molar-refractivity contribution in [2.24, 2.45) is 0 Å². The molecule has 0 amide bonds. The molecule has 0 bridgehead atoms. The maximum atomic E-state index is 6.17. The first kappa shape index (κ1) is 16.3. The van der Waals surface area contributed by atoms with Crippen molar-refractivity contribution >= 4 is 28.4 Å². The smallest absolute Gasteiger partial charge is 0.126 e. The second kappa shape index (κ2) is 6.53. The number of thiazole rings is 1. The quantitative estimate of drug-likeness (QED) is 0.725. The average molecular weight is 338 g/mol. The molecule has 1 heterocycles. The van der Waals surface area contributed by atoms with Gasteiger partial charge in [0.05, 0.1) is 5.69 Å². The third kappa shape index (κ3) is 3.21. The Hall–Kier alpha value is -2.53. The molecule has 0 aliphatic heterocycles. The molecule has 0 aliphatic rings. The van der Waals surface area contributed by atoms with Crippen molar-refractivity contribution < 1.29 is 0 Å². The normalized spacial score (nSPS) is 10.7. The largest absolute Gasteiger partial charge is 0.398 e. The van der Waals surface area contributed by atoms with Gasteiger partial charge in [0.1, 0.15) is 5.01 Å². The van der Waals surface area contributed by atoms with Gasteiger partial charge in [-0.2, -0.15) is 0 Å². The topological polar surface area (TPSA) is 45.4 Å². The van der Waals surface area contributed by atoms with Crippen LogP contribution in [0.1, 0.15) is 0 Å². The number of nitrogen functional groups attached to an aromatic ring is 1. The number of anilines is 3. The number of aromatic nitrogens is 1. The lowest BCUT2D eigenvalue weighted by Crippen LogP contribution is -2.08. The minimum atomic E-state index is 0.754. The molecule has 124 valence electrons. The Labute approximate surface area is 147 Å². The van der Waals surface area contributed by atoms with E-state index in [1.807, 2.05) is 40.3 Å². The summed E-state index contributed by atoms with van der Waals surface area (Å²) in [6.07, 6.45) is 0. The van der Waals surface area contributed by atoms with Crippen molar-refractivity contribution in [1.82, 2.24) is 4.98 Å². The van der Waals surface area contributed by atoms with E-state index >= 15 is 0 Å². The van der Waals surface area contributed by atoms with Gasteiger partial charge in [-0.3, -0.25) is 0 Å². The molecule has 0 fully saturated rings. The monoisotopic (exact) mass is 338 g/mol. The molecule has 0 atom stereocenters. The fourth-order valence-corrected chi connectivity index (χ4v) is 3.33. The van der Waals surface area contributed by atoms with Crippen molar-refractivity contribution in [3.8, 4) is 21.8 Å². The second-order valence-corrected chi connectivity index (χ2v) is 7.00. The van der Waals surface area contributed by atoms with Crippen LogP contribution >= 0.6 is 11.3 Å². The Morgan fingerprint density at radius 3 is 2.12 bits per heavy atom. The van der Waals surface area contributed by atoms with Gasteiger partial charge in [-0.1, -0.05) is 12.1 Å². The van der Waals surface area contributed by atoms with Crippen LogP contribution in [0.3, 0.4) is 0 Å². The number of nitrogens with two attached hydrogens (primary N) is 1. The fraction of sp³-hybridized carbons (Fsp3) is 0.211. The van der Waals surface area contributed by atoms with E-state index in [4.69, 9.17) is 10.7 Å². The van der Waals surface area contributed by atoms with Gasteiger partial charge in [-0.05, 0) is 30.3 Å². The predicted octanol–water partition coefficient (Wildman–Crippen LogP) is 4.19. The third-order valence-electron chi connectivity index (χ3n) is 3.97. The van der Waals surface area contributed by atoms with Crippen molar-refractivity contribution in [3.63, 3.8) is 0 Å². The molecule has 2 N–H and O–H groups in total. The molecule has 3 aromatic rings. The van der Waals surface area contributed by atoms with E-state index in [2.05, 4.69) is 45.5 Å². The van der Waals surface area contributed by atoms with Gasteiger partial charge in [0.2, 0.25) is 0 Å². The SMILES string of the molecule is CN(C)c1ccc(-c2csc(-c3cc(N(C)C)ccc3N)n2)cc1. The molecular formula is C19H22N4S. The van der Waals surface area contributed by atoms with E-state index < -0.39 is 0 Å². The summed E-state index contributed by atoms with van der Waals surface area (Å²) in [7, 11) is 8.12. The Morgan fingerprint density at radius 1 is 0.875 bits per heavy atom. The first-order valence-corrected chi connectivity index (χ1v) is 8.64. The lowest BCUT2D eigenvalue weighted by Gasteiger charge is -2.14. The molecule has 24 heavy (non-hydrogen) atoms. The Balaban J connectivity index is 1.95. The Bertz CT molecular complexity index is 835. The number of rotatable bonds is 4.